The summed E-state index contributed by atoms with van der Waals surface area (Å²) in [7, 11) is 0. The van der Waals surface area contributed by atoms with Gasteiger partial charge < -0.3 is 10.7 Å². The van der Waals surface area contributed by atoms with Gasteiger partial charge in [0.25, 0.3) is 0 Å². The van der Waals surface area contributed by atoms with Crippen molar-refractivity contribution < 1.29 is 8.78 Å². The van der Waals surface area contributed by atoms with E-state index < -0.39 is 11.6 Å². The normalized spacial score (nSPS) is 11.4. The van der Waals surface area contributed by atoms with E-state index in [1.54, 1.807) is 6.07 Å². The highest BCUT2D eigenvalue weighted by molar-refractivity contribution is 9.10. The van der Waals surface area contributed by atoms with Gasteiger partial charge in [-0.2, -0.15) is 0 Å². The molecule has 1 aromatic heterocycles. The Morgan fingerprint density at radius 1 is 1.12 bits per heavy atom. The SMILES string of the molecule is NCCCCc1c(-c2ccc(F)cc2F)[nH]c2c(Cl)cc(Br)cc12. The number of nitrogens with two attached hydrogens (primary N) is 1. The summed E-state index contributed by atoms with van der Waals surface area (Å²) in [6.07, 6.45) is 2.49. The van der Waals surface area contributed by atoms with Gasteiger partial charge in [0.15, 0.2) is 0 Å². The molecule has 0 saturated carbocycles. The van der Waals surface area contributed by atoms with E-state index in [4.69, 9.17) is 17.3 Å². The molecule has 0 unspecified atom stereocenters. The van der Waals surface area contributed by atoms with Crippen LogP contribution in [0.25, 0.3) is 22.2 Å². The number of fused-ring (bicyclic) bond motifs is 1. The standard InChI is InChI=1S/C18H16BrClF2N2/c19-10-7-14-12(3-1-2-6-23)17(24-18(14)15(20)8-10)13-5-4-11(21)9-16(13)22/h4-5,7-9,24H,1-3,6,23H2. The van der Waals surface area contributed by atoms with Crippen molar-refractivity contribution in [2.45, 2.75) is 19.3 Å². The summed E-state index contributed by atoms with van der Waals surface area (Å²) < 4.78 is 28.4. The predicted molar refractivity (Wildman–Crippen MR) is 98.4 cm³/mol. The van der Waals surface area contributed by atoms with Gasteiger partial charge >= 0.3 is 0 Å². The van der Waals surface area contributed by atoms with Crippen LogP contribution >= 0.6 is 27.5 Å². The number of unbranched alkanes of at least 4 members (excludes halogenated alkanes) is 1. The molecule has 24 heavy (non-hydrogen) atoms. The number of halogens is 4. The summed E-state index contributed by atoms with van der Waals surface area (Å²) in [5.41, 5.74) is 8.27. The zero-order valence-electron chi connectivity index (χ0n) is 12.8. The van der Waals surface area contributed by atoms with Crippen LogP contribution in [0.5, 0.6) is 0 Å². The Bertz CT molecular complexity index is 892. The molecule has 0 aliphatic carbocycles. The fraction of sp³-hybridized carbons (Fsp3) is 0.222. The summed E-state index contributed by atoms with van der Waals surface area (Å²) >= 11 is 9.77. The molecule has 0 spiro atoms. The second-order valence-corrected chi connectivity index (χ2v) is 6.98. The van der Waals surface area contributed by atoms with Gasteiger partial charge in [-0.1, -0.05) is 27.5 Å². The minimum atomic E-state index is -0.600. The van der Waals surface area contributed by atoms with Gasteiger partial charge in [-0.15, -0.1) is 0 Å². The van der Waals surface area contributed by atoms with Crippen molar-refractivity contribution in [2.24, 2.45) is 5.73 Å². The molecule has 6 heteroatoms. The predicted octanol–water partition coefficient (Wildman–Crippen LogP) is 5.81. The number of nitrogens with one attached hydrogen (secondary N) is 1. The van der Waals surface area contributed by atoms with E-state index in [1.807, 2.05) is 6.07 Å². The average molecular weight is 414 g/mol. The van der Waals surface area contributed by atoms with E-state index in [9.17, 15) is 8.78 Å². The van der Waals surface area contributed by atoms with Crippen LogP contribution in [0.1, 0.15) is 18.4 Å². The fourth-order valence-electron chi connectivity index (χ4n) is 2.90. The monoisotopic (exact) mass is 412 g/mol. The molecule has 126 valence electrons. The van der Waals surface area contributed by atoms with Crippen LogP contribution in [0.4, 0.5) is 8.78 Å². The van der Waals surface area contributed by atoms with Crippen LogP contribution in [0.15, 0.2) is 34.8 Å². The minimum Gasteiger partial charge on any atom is -0.353 e. The van der Waals surface area contributed by atoms with Crippen LogP contribution < -0.4 is 5.73 Å². The maximum Gasteiger partial charge on any atom is 0.135 e. The van der Waals surface area contributed by atoms with Crippen LogP contribution in [0.2, 0.25) is 5.02 Å². The number of rotatable bonds is 5. The molecule has 0 aliphatic rings. The molecule has 0 amide bonds. The second kappa shape index (κ2) is 7.21. The molecule has 3 rings (SSSR count). The van der Waals surface area contributed by atoms with Crippen LogP contribution in [0, 0.1) is 11.6 Å². The molecule has 3 aromatic rings. The number of aryl methyl sites for hydroxylation is 1. The Morgan fingerprint density at radius 3 is 2.62 bits per heavy atom. The molecular weight excluding hydrogens is 398 g/mol. The van der Waals surface area contributed by atoms with Crippen molar-refractivity contribution in [1.29, 1.82) is 0 Å². The van der Waals surface area contributed by atoms with Crippen LogP contribution in [0.3, 0.4) is 0 Å². The molecule has 1 heterocycles. The first kappa shape index (κ1) is 17.4. The average Bonchev–Trinajstić information content (AvgIpc) is 2.86. The Balaban J connectivity index is 2.21. The molecule has 0 aliphatic heterocycles. The van der Waals surface area contributed by atoms with Crippen molar-refractivity contribution in [2.75, 3.05) is 6.54 Å². The molecule has 0 saturated heterocycles. The molecule has 0 bridgehead atoms. The van der Waals surface area contributed by atoms with Crippen molar-refractivity contribution in [3.05, 3.63) is 57.0 Å². The van der Waals surface area contributed by atoms with Crippen LogP contribution in [-0.4, -0.2) is 11.5 Å². The number of benzene rings is 2. The highest BCUT2D eigenvalue weighted by Crippen LogP contribution is 2.37. The summed E-state index contributed by atoms with van der Waals surface area (Å²) in [4.78, 5) is 3.22. The lowest BCUT2D eigenvalue weighted by Gasteiger charge is -2.07. The Hall–Kier alpha value is -1.43. The lowest BCUT2D eigenvalue weighted by molar-refractivity contribution is 0.585. The third-order valence-corrected chi connectivity index (χ3v) is 4.77. The van der Waals surface area contributed by atoms with E-state index >= 15 is 0 Å². The zero-order valence-corrected chi connectivity index (χ0v) is 15.1. The fourth-order valence-corrected chi connectivity index (χ4v) is 3.76. The first-order valence-electron chi connectivity index (χ1n) is 7.66. The second-order valence-electron chi connectivity index (χ2n) is 5.66. The highest BCUT2D eigenvalue weighted by Gasteiger charge is 2.18. The number of hydrogen-bond donors (Lipinski definition) is 2. The van der Waals surface area contributed by atoms with Gasteiger partial charge in [0, 0.05) is 21.5 Å². The van der Waals surface area contributed by atoms with Crippen molar-refractivity contribution in [3.8, 4) is 11.3 Å². The van der Waals surface area contributed by atoms with Crippen molar-refractivity contribution >= 4 is 38.4 Å². The highest BCUT2D eigenvalue weighted by atomic mass is 79.9. The lowest BCUT2D eigenvalue weighted by Crippen LogP contribution is -1.99. The molecule has 0 fully saturated rings. The van der Waals surface area contributed by atoms with Gasteiger partial charge in [-0.05, 0) is 55.6 Å². The summed E-state index contributed by atoms with van der Waals surface area (Å²) in [5, 5.41) is 1.48. The van der Waals surface area contributed by atoms with Gasteiger partial charge in [0.2, 0.25) is 0 Å². The van der Waals surface area contributed by atoms with E-state index in [1.165, 1.54) is 12.1 Å². The largest absolute Gasteiger partial charge is 0.353 e. The van der Waals surface area contributed by atoms with Crippen molar-refractivity contribution in [1.82, 2.24) is 4.98 Å². The zero-order chi connectivity index (χ0) is 17.3. The molecule has 0 radical (unpaired) electrons. The van der Waals surface area contributed by atoms with Gasteiger partial charge in [0.05, 0.1) is 16.2 Å². The number of aromatic amines is 1. The lowest BCUT2D eigenvalue weighted by atomic mass is 10.00. The maximum atomic E-state index is 14.3. The summed E-state index contributed by atoms with van der Waals surface area (Å²) in [6, 6.07) is 7.34. The number of H-pyrrole nitrogens is 1. The smallest absolute Gasteiger partial charge is 0.135 e. The Labute approximate surface area is 152 Å². The first-order valence-corrected chi connectivity index (χ1v) is 8.83. The summed E-state index contributed by atoms with van der Waals surface area (Å²) in [6.45, 7) is 0.604. The summed E-state index contributed by atoms with van der Waals surface area (Å²) in [5.74, 6) is -1.20. The topological polar surface area (TPSA) is 41.8 Å². The Morgan fingerprint density at radius 2 is 1.92 bits per heavy atom. The van der Waals surface area contributed by atoms with E-state index in [0.717, 1.165) is 46.3 Å². The van der Waals surface area contributed by atoms with Crippen LogP contribution in [-0.2, 0) is 6.42 Å². The Kier molecular flexibility index (Phi) is 5.23. The van der Waals surface area contributed by atoms with Gasteiger partial charge in [0.1, 0.15) is 11.6 Å². The first-order chi connectivity index (χ1) is 11.5. The third-order valence-electron chi connectivity index (χ3n) is 4.01. The molecule has 3 N–H and O–H groups in total. The van der Waals surface area contributed by atoms with E-state index in [2.05, 4.69) is 20.9 Å². The molecule has 0 atom stereocenters. The quantitative estimate of drug-likeness (QED) is 0.509. The molecule has 2 aromatic carbocycles. The third kappa shape index (κ3) is 3.34. The van der Waals surface area contributed by atoms with Gasteiger partial charge in [-0.25, -0.2) is 8.78 Å². The van der Waals surface area contributed by atoms with Crippen molar-refractivity contribution in [3.63, 3.8) is 0 Å². The number of aromatic nitrogens is 1. The minimum absolute atomic E-state index is 0.336. The van der Waals surface area contributed by atoms with E-state index in [-0.39, 0.29) is 0 Å². The number of hydrogen-bond acceptors (Lipinski definition) is 1. The van der Waals surface area contributed by atoms with E-state index in [0.29, 0.717) is 22.8 Å². The van der Waals surface area contributed by atoms with Gasteiger partial charge in [-0.3, -0.25) is 0 Å². The molecule has 2 nitrogen and oxygen atoms in total. The maximum absolute atomic E-state index is 14.3. The molecular formula is C18H16BrClF2N2.